The number of rotatable bonds is 12. The van der Waals surface area contributed by atoms with Crippen LogP contribution in [0.5, 0.6) is 0 Å². The molecule has 226 valence electrons. The molecule has 2 aromatic rings. The van der Waals surface area contributed by atoms with Crippen LogP contribution < -0.4 is 16.0 Å². The molecule has 4 rings (SSSR count). The molecule has 0 aromatic heterocycles. The van der Waals surface area contributed by atoms with Gasteiger partial charge < -0.3 is 25.3 Å². The summed E-state index contributed by atoms with van der Waals surface area (Å²) in [6.45, 7) is 1.98. The van der Waals surface area contributed by atoms with Gasteiger partial charge in [-0.05, 0) is 55.0 Å². The highest BCUT2D eigenvalue weighted by molar-refractivity contribution is 8.76. The fourth-order valence-corrected chi connectivity index (χ4v) is 7.20. The van der Waals surface area contributed by atoms with Crippen molar-refractivity contribution in [3.8, 4) is 22.5 Å². The second-order valence-electron chi connectivity index (χ2n) is 9.24. The average Bonchev–Trinajstić information content (AvgIpc) is 2.94. The van der Waals surface area contributed by atoms with Crippen molar-refractivity contribution < 1.29 is 42.0 Å². The number of nitrogens with one attached hydrogen (secondary N) is 3. The Kier molecular flexibility index (Phi) is 9.69. The molecule has 12 nitrogen and oxygen atoms in total. The molecule has 2 aliphatic rings. The number of anilines is 1. The van der Waals surface area contributed by atoms with Crippen molar-refractivity contribution >= 4 is 66.2 Å². The zero-order chi connectivity index (χ0) is 31.5. The van der Waals surface area contributed by atoms with E-state index in [1.54, 1.807) is 26.1 Å². The molecule has 0 saturated carbocycles. The fraction of sp³-hybridized carbons (Fsp3) is 0.214. The van der Waals surface area contributed by atoms with Crippen molar-refractivity contribution in [1.29, 1.82) is 5.41 Å². The van der Waals surface area contributed by atoms with Gasteiger partial charge in [0.1, 0.15) is 5.58 Å². The summed E-state index contributed by atoms with van der Waals surface area (Å²) in [5.74, 6) is -2.07. The molecule has 0 bridgehead atoms. The number of carboxylic acids is 2. The Bertz CT molecular complexity index is 1890. The summed E-state index contributed by atoms with van der Waals surface area (Å²) in [7, 11) is -0.471. The first-order valence-corrected chi connectivity index (χ1v) is 16.6. The van der Waals surface area contributed by atoms with Crippen LogP contribution in [0.4, 0.5) is 5.69 Å². The van der Waals surface area contributed by atoms with E-state index in [-0.39, 0.29) is 52.1 Å². The third kappa shape index (κ3) is 6.80. The fourth-order valence-electron chi connectivity index (χ4n) is 4.58. The Morgan fingerprint density at radius 3 is 2.37 bits per heavy atom. The monoisotopic (exact) mass is 645 g/mol. The third-order valence-electron chi connectivity index (χ3n) is 6.52. The standard InChI is InChI=1S/C28H27N3O9S3/c1-14-21(30-2)8-6-17-23(18-5-7-20(29)26(43(37,38)39)25(18)40-24(14)17)19-13-15(3-4-16(19)28(35)36)27(34)31-10-12-42-41-11-9-22(32)33/h3-8,13,29-30H,9-12H2,1-2H3,(H,31,34)(H,32,33)(H,35,36)(H,37,38,39). The quantitative estimate of drug-likeness (QED) is 0.0542. The summed E-state index contributed by atoms with van der Waals surface area (Å²) in [5, 5.41) is 32.7. The van der Waals surface area contributed by atoms with Gasteiger partial charge in [0.15, 0.2) is 10.7 Å². The molecule has 0 saturated heterocycles. The highest BCUT2D eigenvalue weighted by atomic mass is 33.1. The van der Waals surface area contributed by atoms with Crippen molar-refractivity contribution in [2.24, 2.45) is 0 Å². The second-order valence-corrected chi connectivity index (χ2v) is 13.3. The minimum absolute atomic E-state index is 0.0312. The highest BCUT2D eigenvalue weighted by Gasteiger charge is 2.29. The molecule has 0 unspecified atom stereocenters. The number of benzene rings is 3. The van der Waals surface area contributed by atoms with Gasteiger partial charge in [-0.2, -0.15) is 8.42 Å². The maximum Gasteiger partial charge on any atom is 0.336 e. The topological polar surface area (TPSA) is 207 Å². The Morgan fingerprint density at radius 2 is 1.72 bits per heavy atom. The first-order valence-electron chi connectivity index (χ1n) is 12.7. The Hall–Kier alpha value is -4.05. The zero-order valence-corrected chi connectivity index (χ0v) is 25.3. The number of aliphatic carboxylic acids is 1. The highest BCUT2D eigenvalue weighted by Crippen LogP contribution is 2.45. The molecule has 0 fully saturated rings. The van der Waals surface area contributed by atoms with E-state index in [4.69, 9.17) is 14.9 Å². The summed E-state index contributed by atoms with van der Waals surface area (Å²) in [6.07, 6.45) is 0.0312. The minimum Gasteiger partial charge on any atom is -0.481 e. The Labute approximate surface area is 253 Å². The number of hydrogen-bond donors (Lipinski definition) is 6. The van der Waals surface area contributed by atoms with Crippen LogP contribution >= 0.6 is 21.6 Å². The molecular formula is C28H27N3O9S3. The van der Waals surface area contributed by atoms with E-state index in [1.807, 2.05) is 0 Å². The van der Waals surface area contributed by atoms with E-state index in [1.165, 1.54) is 45.9 Å². The molecule has 0 spiro atoms. The van der Waals surface area contributed by atoms with Crippen molar-refractivity contribution in [1.82, 2.24) is 5.32 Å². The van der Waals surface area contributed by atoms with Crippen LogP contribution in [0.3, 0.4) is 0 Å². The lowest BCUT2D eigenvalue weighted by Crippen LogP contribution is -2.25. The molecule has 1 aliphatic heterocycles. The molecule has 1 amide bonds. The minimum atomic E-state index is -4.94. The van der Waals surface area contributed by atoms with Gasteiger partial charge in [-0.15, -0.1) is 0 Å². The van der Waals surface area contributed by atoms with Crippen LogP contribution in [-0.4, -0.2) is 66.1 Å². The number of aromatic carboxylic acids is 1. The molecule has 2 aromatic carbocycles. The maximum atomic E-state index is 13.1. The van der Waals surface area contributed by atoms with E-state index < -0.39 is 38.2 Å². The largest absolute Gasteiger partial charge is 0.481 e. The maximum absolute atomic E-state index is 13.1. The van der Waals surface area contributed by atoms with Gasteiger partial charge in [0.05, 0.1) is 17.3 Å². The van der Waals surface area contributed by atoms with Crippen LogP contribution in [0, 0.1) is 12.3 Å². The average molecular weight is 646 g/mol. The van der Waals surface area contributed by atoms with Crippen LogP contribution in [-0.2, 0) is 14.9 Å². The van der Waals surface area contributed by atoms with Crippen molar-refractivity contribution in [2.45, 2.75) is 18.2 Å². The number of carboxylic acid groups (broad SMARTS) is 2. The summed E-state index contributed by atoms with van der Waals surface area (Å²) in [4.78, 5) is 35.3. The van der Waals surface area contributed by atoms with Crippen molar-refractivity contribution in [2.75, 3.05) is 30.4 Å². The van der Waals surface area contributed by atoms with Crippen LogP contribution in [0.2, 0.25) is 0 Å². The van der Waals surface area contributed by atoms with Crippen LogP contribution in [0.15, 0.2) is 51.8 Å². The smallest absolute Gasteiger partial charge is 0.336 e. The number of hydrogen-bond acceptors (Lipinski definition) is 10. The summed E-state index contributed by atoms with van der Waals surface area (Å²) in [5.41, 5.74) is 1.81. The summed E-state index contributed by atoms with van der Waals surface area (Å²) < 4.78 is 40.8. The summed E-state index contributed by atoms with van der Waals surface area (Å²) in [6, 6.07) is 10.0. The van der Waals surface area contributed by atoms with Gasteiger partial charge in [0.2, 0.25) is 0 Å². The van der Waals surface area contributed by atoms with Crippen LogP contribution in [0.1, 0.15) is 32.7 Å². The Morgan fingerprint density at radius 1 is 1.00 bits per heavy atom. The van der Waals surface area contributed by atoms with E-state index in [2.05, 4.69) is 10.6 Å². The van der Waals surface area contributed by atoms with E-state index in [9.17, 15) is 32.5 Å². The van der Waals surface area contributed by atoms with E-state index in [0.29, 0.717) is 28.1 Å². The number of amides is 1. The molecule has 43 heavy (non-hydrogen) atoms. The van der Waals surface area contributed by atoms with E-state index in [0.717, 1.165) is 6.07 Å². The molecule has 0 atom stereocenters. The molecule has 1 heterocycles. The van der Waals surface area contributed by atoms with Crippen LogP contribution in [0.25, 0.3) is 33.4 Å². The Balaban J connectivity index is 1.87. The number of carbonyl (C=O) groups excluding carboxylic acids is 1. The molecule has 1 aliphatic carbocycles. The van der Waals surface area contributed by atoms with Gasteiger partial charge in [0.25, 0.3) is 16.0 Å². The molecular weight excluding hydrogens is 619 g/mol. The van der Waals surface area contributed by atoms with Gasteiger partial charge in [-0.25, -0.2) is 4.79 Å². The predicted molar refractivity (Wildman–Crippen MR) is 165 cm³/mol. The van der Waals surface area contributed by atoms with Crippen molar-refractivity contribution in [3.05, 3.63) is 64.5 Å². The van der Waals surface area contributed by atoms with Gasteiger partial charge in [-0.1, -0.05) is 21.6 Å². The SMILES string of the molecule is CNc1ccc2c(-c3cc(C(=O)NCCSSCCC(=O)O)ccc3C(=O)O)c3ccc(=N)c(S(=O)(=O)O)c-3oc2c1C. The third-order valence-corrected chi connectivity index (χ3v) is 9.85. The number of carbonyl (C=O) groups is 3. The van der Waals surface area contributed by atoms with E-state index >= 15 is 0 Å². The van der Waals surface area contributed by atoms with Gasteiger partial charge in [-0.3, -0.25) is 19.6 Å². The molecule has 0 radical (unpaired) electrons. The first-order chi connectivity index (χ1) is 20.3. The van der Waals surface area contributed by atoms with Crippen molar-refractivity contribution in [3.63, 3.8) is 0 Å². The zero-order valence-electron chi connectivity index (χ0n) is 22.9. The first kappa shape index (κ1) is 31.9. The summed E-state index contributed by atoms with van der Waals surface area (Å²) >= 11 is 0. The molecule has 15 heteroatoms. The van der Waals surface area contributed by atoms with Gasteiger partial charge >= 0.3 is 11.9 Å². The lowest BCUT2D eigenvalue weighted by atomic mass is 9.88. The predicted octanol–water partition coefficient (Wildman–Crippen LogP) is 4.56. The second kappa shape index (κ2) is 13.1. The number of fused-ring (bicyclic) bond motifs is 2. The number of aryl methyl sites for hydroxylation is 1. The lowest BCUT2D eigenvalue weighted by molar-refractivity contribution is -0.136. The normalized spacial score (nSPS) is 11.5. The van der Waals surface area contributed by atoms with Gasteiger partial charge in [0, 0.05) is 58.4 Å². The lowest BCUT2D eigenvalue weighted by Gasteiger charge is -2.20. The molecule has 6 N–H and O–H groups in total.